The summed E-state index contributed by atoms with van der Waals surface area (Å²) in [5, 5.41) is 0. The van der Waals surface area contributed by atoms with Gasteiger partial charge in [-0.3, -0.25) is 4.90 Å². The average molecular weight is 513 g/mol. The molecule has 6 nitrogen and oxygen atoms in total. The Hall–Kier alpha value is -2.78. The van der Waals surface area contributed by atoms with Gasteiger partial charge >= 0.3 is 0 Å². The lowest BCUT2D eigenvalue weighted by Crippen LogP contribution is -2.49. The van der Waals surface area contributed by atoms with Crippen molar-refractivity contribution in [1.29, 1.82) is 0 Å². The van der Waals surface area contributed by atoms with Crippen LogP contribution in [0.25, 0.3) is 0 Å². The topological polar surface area (TPSA) is 59.1 Å². The highest BCUT2D eigenvalue weighted by molar-refractivity contribution is 7.89. The van der Waals surface area contributed by atoms with Crippen LogP contribution in [0, 0.1) is 19.7 Å². The van der Waals surface area contributed by atoms with Crippen molar-refractivity contribution in [2.45, 2.75) is 31.5 Å². The van der Waals surface area contributed by atoms with Gasteiger partial charge in [0.15, 0.2) is 0 Å². The normalized spacial score (nSPS) is 16.1. The highest BCUT2D eigenvalue weighted by Gasteiger charge is 2.31. The molecule has 1 atom stereocenters. The van der Waals surface area contributed by atoms with Gasteiger partial charge in [0, 0.05) is 32.7 Å². The van der Waals surface area contributed by atoms with E-state index in [0.29, 0.717) is 44.9 Å². The second-order valence-electron chi connectivity index (χ2n) is 9.20. The molecule has 0 N–H and O–H groups in total. The molecule has 0 radical (unpaired) electrons. The summed E-state index contributed by atoms with van der Waals surface area (Å²) < 4.78 is 53.7. The van der Waals surface area contributed by atoms with E-state index >= 15 is 0 Å². The van der Waals surface area contributed by atoms with E-state index in [0.717, 1.165) is 16.9 Å². The summed E-state index contributed by atoms with van der Waals surface area (Å²) in [6, 6.07) is 20.3. The van der Waals surface area contributed by atoms with E-state index in [9.17, 15) is 12.8 Å². The van der Waals surface area contributed by atoms with Gasteiger partial charge in [0.2, 0.25) is 10.0 Å². The number of hydrogen-bond donors (Lipinski definition) is 0. The number of methoxy groups -OCH3 is 1. The maximum Gasteiger partial charge on any atom is 0.246 e. The van der Waals surface area contributed by atoms with Crippen LogP contribution in [0.4, 0.5) is 4.39 Å². The molecular formula is C28H33FN2O4S. The highest BCUT2D eigenvalue weighted by atomic mass is 32.2. The number of nitrogens with zero attached hydrogens (tertiary/aromatic N) is 2. The van der Waals surface area contributed by atoms with Gasteiger partial charge in [-0.05, 0) is 54.8 Å². The lowest BCUT2D eigenvalue weighted by molar-refractivity contribution is 0.00762. The third kappa shape index (κ3) is 6.31. The van der Waals surface area contributed by atoms with Crippen LogP contribution in [-0.2, 0) is 21.4 Å². The Morgan fingerprint density at radius 3 is 2.31 bits per heavy atom. The minimum absolute atomic E-state index is 0.223. The van der Waals surface area contributed by atoms with Gasteiger partial charge in [0.1, 0.15) is 16.5 Å². The Morgan fingerprint density at radius 1 is 0.917 bits per heavy atom. The van der Waals surface area contributed by atoms with Crippen LogP contribution < -0.4 is 4.74 Å². The minimum Gasteiger partial charge on any atom is -0.497 e. The molecule has 1 aliphatic heterocycles. The Kier molecular flexibility index (Phi) is 8.41. The van der Waals surface area contributed by atoms with Crippen LogP contribution in [-0.4, -0.2) is 57.5 Å². The van der Waals surface area contributed by atoms with Crippen molar-refractivity contribution in [3.05, 3.63) is 94.8 Å². The van der Waals surface area contributed by atoms with Crippen molar-refractivity contribution < 1.29 is 22.3 Å². The van der Waals surface area contributed by atoms with Crippen molar-refractivity contribution >= 4 is 10.0 Å². The zero-order chi connectivity index (χ0) is 25.7. The Labute approximate surface area is 213 Å². The van der Waals surface area contributed by atoms with Crippen molar-refractivity contribution in [2.24, 2.45) is 0 Å². The molecule has 0 spiro atoms. The van der Waals surface area contributed by atoms with Gasteiger partial charge in [-0.1, -0.05) is 48.0 Å². The molecule has 0 amide bonds. The van der Waals surface area contributed by atoms with Crippen LogP contribution in [0.3, 0.4) is 0 Å². The Morgan fingerprint density at radius 2 is 1.61 bits per heavy atom. The molecule has 3 aromatic rings. The third-order valence-corrected chi connectivity index (χ3v) is 8.41. The first kappa shape index (κ1) is 26.3. The molecule has 4 rings (SSSR count). The standard InChI is InChI=1S/C28H33FN2O4S/c1-21-7-10-23(11-8-21)20-35-27(24-5-4-6-25(18-24)34-3)19-30-13-15-31(16-14-30)36(32,33)28-17-22(2)9-12-26(28)29/h4-12,17-18,27H,13-16,19-20H2,1-3H3/t27-/m1/s1. The van der Waals surface area contributed by atoms with E-state index in [4.69, 9.17) is 9.47 Å². The first-order valence-electron chi connectivity index (χ1n) is 12.1. The summed E-state index contributed by atoms with van der Waals surface area (Å²) in [4.78, 5) is 1.93. The number of benzene rings is 3. The van der Waals surface area contributed by atoms with Crippen LogP contribution in [0.1, 0.15) is 28.4 Å². The van der Waals surface area contributed by atoms with E-state index in [1.54, 1.807) is 20.1 Å². The number of halogens is 1. The molecule has 1 aliphatic rings. The van der Waals surface area contributed by atoms with E-state index in [1.165, 1.54) is 22.0 Å². The highest BCUT2D eigenvalue weighted by Crippen LogP contribution is 2.26. The molecule has 1 heterocycles. The van der Waals surface area contributed by atoms with Crippen molar-refractivity contribution in [1.82, 2.24) is 9.21 Å². The van der Waals surface area contributed by atoms with Gasteiger partial charge in [0.05, 0.1) is 19.8 Å². The van der Waals surface area contributed by atoms with Gasteiger partial charge in [-0.2, -0.15) is 4.31 Å². The molecule has 1 saturated heterocycles. The monoisotopic (exact) mass is 512 g/mol. The number of rotatable bonds is 9. The largest absolute Gasteiger partial charge is 0.497 e. The van der Waals surface area contributed by atoms with Crippen molar-refractivity contribution in [3.8, 4) is 5.75 Å². The molecule has 192 valence electrons. The van der Waals surface area contributed by atoms with Gasteiger partial charge < -0.3 is 9.47 Å². The molecule has 36 heavy (non-hydrogen) atoms. The zero-order valence-electron chi connectivity index (χ0n) is 21.0. The lowest BCUT2D eigenvalue weighted by atomic mass is 10.1. The summed E-state index contributed by atoms with van der Waals surface area (Å²) in [5.41, 5.74) is 3.99. The summed E-state index contributed by atoms with van der Waals surface area (Å²) in [7, 11) is -2.26. The van der Waals surface area contributed by atoms with Crippen LogP contribution in [0.2, 0.25) is 0 Å². The van der Waals surface area contributed by atoms with Crippen molar-refractivity contribution in [2.75, 3.05) is 39.8 Å². The summed E-state index contributed by atoms with van der Waals surface area (Å²) in [6.45, 7) is 6.51. The fourth-order valence-electron chi connectivity index (χ4n) is 4.31. The molecule has 0 saturated carbocycles. The average Bonchev–Trinajstić information content (AvgIpc) is 2.89. The summed E-state index contributed by atoms with van der Waals surface area (Å²) in [6.07, 6.45) is -0.223. The number of aryl methyl sites for hydroxylation is 2. The molecule has 3 aromatic carbocycles. The Bertz CT molecular complexity index is 1270. The molecule has 0 bridgehead atoms. The number of piperazine rings is 1. The van der Waals surface area contributed by atoms with Crippen LogP contribution in [0.5, 0.6) is 5.75 Å². The summed E-state index contributed by atoms with van der Waals surface area (Å²) in [5.74, 6) is 0.0400. The first-order valence-corrected chi connectivity index (χ1v) is 13.5. The van der Waals surface area contributed by atoms with Crippen LogP contribution >= 0.6 is 0 Å². The van der Waals surface area contributed by atoms with Gasteiger partial charge in [-0.15, -0.1) is 0 Å². The van der Waals surface area contributed by atoms with E-state index in [2.05, 4.69) is 36.1 Å². The third-order valence-electron chi connectivity index (χ3n) is 6.50. The quantitative estimate of drug-likeness (QED) is 0.415. The van der Waals surface area contributed by atoms with Crippen LogP contribution in [0.15, 0.2) is 71.6 Å². The second-order valence-corrected chi connectivity index (χ2v) is 11.1. The maximum absolute atomic E-state index is 14.3. The van der Waals surface area contributed by atoms with Crippen molar-refractivity contribution in [3.63, 3.8) is 0 Å². The first-order chi connectivity index (χ1) is 17.3. The molecule has 8 heteroatoms. The molecule has 0 aliphatic carbocycles. The summed E-state index contributed by atoms with van der Waals surface area (Å²) >= 11 is 0. The Balaban J connectivity index is 1.45. The molecule has 1 fully saturated rings. The zero-order valence-corrected chi connectivity index (χ0v) is 21.8. The van der Waals surface area contributed by atoms with E-state index in [-0.39, 0.29) is 11.0 Å². The smallest absolute Gasteiger partial charge is 0.246 e. The molecular weight excluding hydrogens is 479 g/mol. The predicted octanol–water partition coefficient (Wildman–Crippen LogP) is 4.72. The van der Waals surface area contributed by atoms with Gasteiger partial charge in [0.25, 0.3) is 0 Å². The second kappa shape index (κ2) is 11.5. The maximum atomic E-state index is 14.3. The SMILES string of the molecule is COc1cccc([C@@H](CN2CCN(S(=O)(=O)c3cc(C)ccc3F)CC2)OCc2ccc(C)cc2)c1. The minimum atomic E-state index is -3.89. The number of sulfonamides is 1. The van der Waals surface area contributed by atoms with Gasteiger partial charge in [-0.25, -0.2) is 12.8 Å². The molecule has 0 unspecified atom stereocenters. The predicted molar refractivity (Wildman–Crippen MR) is 138 cm³/mol. The molecule has 0 aromatic heterocycles. The number of ether oxygens (including phenoxy) is 2. The van der Waals surface area contributed by atoms with E-state index < -0.39 is 15.8 Å². The fraction of sp³-hybridized carbons (Fsp3) is 0.357. The lowest BCUT2D eigenvalue weighted by Gasteiger charge is -2.36. The van der Waals surface area contributed by atoms with E-state index in [1.807, 2.05) is 24.3 Å². The number of hydrogen-bond acceptors (Lipinski definition) is 5. The fourth-order valence-corrected chi connectivity index (χ4v) is 5.88.